The molecule has 9 heteroatoms. The smallest absolute Gasteiger partial charge is 0.290 e. The fourth-order valence-electron chi connectivity index (χ4n) is 3.79. The molecule has 1 aliphatic heterocycles. The molecule has 32 heavy (non-hydrogen) atoms. The lowest BCUT2D eigenvalue weighted by molar-refractivity contribution is -0.130. The highest BCUT2D eigenvalue weighted by Crippen LogP contribution is 2.47. The zero-order valence-corrected chi connectivity index (χ0v) is 19.1. The van der Waals surface area contributed by atoms with Crippen LogP contribution in [0.25, 0.3) is 0 Å². The Bertz CT molecular complexity index is 1210. The summed E-state index contributed by atoms with van der Waals surface area (Å²) < 4.78 is 22.6. The number of ether oxygens (including phenoxy) is 2. The number of aliphatic hydroxyl groups is 1. The molecule has 0 spiro atoms. The van der Waals surface area contributed by atoms with Crippen molar-refractivity contribution in [2.75, 3.05) is 14.2 Å². The first-order chi connectivity index (χ1) is 15.3. The predicted molar refractivity (Wildman–Crippen MR) is 117 cm³/mol. The van der Waals surface area contributed by atoms with Gasteiger partial charge in [0, 0.05) is 10.0 Å². The number of amides is 1. The number of Topliss-reactive ketones (excluding diaryl/α,β-unsaturated/α-hetero) is 1. The number of furan rings is 2. The number of methoxy groups -OCH3 is 2. The highest BCUT2D eigenvalue weighted by atomic mass is 79.9. The number of hydrogen-bond donors (Lipinski definition) is 1. The first kappa shape index (κ1) is 21.8. The zero-order chi connectivity index (χ0) is 23.0. The van der Waals surface area contributed by atoms with E-state index in [1.54, 1.807) is 37.3 Å². The van der Waals surface area contributed by atoms with Crippen LogP contribution >= 0.6 is 15.9 Å². The number of rotatable bonds is 7. The Morgan fingerprint density at radius 1 is 1.22 bits per heavy atom. The molecule has 1 amide bonds. The minimum Gasteiger partial charge on any atom is -0.503 e. The monoisotopic (exact) mass is 501 g/mol. The molecule has 1 unspecified atom stereocenters. The van der Waals surface area contributed by atoms with E-state index < -0.39 is 23.5 Å². The number of carbonyl (C=O) groups is 2. The maximum Gasteiger partial charge on any atom is 0.290 e. The molecular formula is C23H20BrNO7. The van der Waals surface area contributed by atoms with Gasteiger partial charge in [-0.05, 0) is 43.3 Å². The topological polar surface area (TPSA) is 102 Å². The standard InChI is InChI=1S/C23H20BrNO7/c1-12-6-7-16(32-12)20(26)18-19(15-9-13(24)10-17(29-2)22(15)30-3)25(23(28)21(18)27)11-14-5-4-8-31-14/h4-10,19,27H,11H2,1-3H3. The number of ketones is 1. The molecule has 0 saturated carbocycles. The fraction of sp³-hybridized carbons (Fsp3) is 0.217. The molecule has 3 heterocycles. The second kappa shape index (κ2) is 8.58. The van der Waals surface area contributed by atoms with Gasteiger partial charge in [0.2, 0.25) is 5.78 Å². The summed E-state index contributed by atoms with van der Waals surface area (Å²) >= 11 is 3.44. The molecule has 1 aliphatic rings. The summed E-state index contributed by atoms with van der Waals surface area (Å²) in [5, 5.41) is 10.8. The molecular weight excluding hydrogens is 482 g/mol. The molecule has 0 saturated heterocycles. The van der Waals surface area contributed by atoms with E-state index in [9.17, 15) is 14.7 Å². The van der Waals surface area contributed by atoms with Crippen molar-refractivity contribution in [3.63, 3.8) is 0 Å². The molecule has 1 aromatic carbocycles. The van der Waals surface area contributed by atoms with Crippen molar-refractivity contribution in [1.82, 2.24) is 4.90 Å². The lowest BCUT2D eigenvalue weighted by atomic mass is 9.94. The third-order valence-electron chi connectivity index (χ3n) is 5.19. The van der Waals surface area contributed by atoms with Crippen LogP contribution in [0.3, 0.4) is 0 Å². The van der Waals surface area contributed by atoms with Crippen LogP contribution < -0.4 is 9.47 Å². The molecule has 3 aromatic rings. The summed E-state index contributed by atoms with van der Waals surface area (Å²) in [7, 11) is 2.95. The molecule has 1 atom stereocenters. The van der Waals surface area contributed by atoms with Crippen molar-refractivity contribution < 1.29 is 33.0 Å². The minimum absolute atomic E-state index is 0.0163. The number of aryl methyl sites for hydroxylation is 1. The lowest BCUT2D eigenvalue weighted by Crippen LogP contribution is -2.31. The second-order valence-electron chi connectivity index (χ2n) is 7.15. The van der Waals surface area contributed by atoms with E-state index >= 15 is 0 Å². The van der Waals surface area contributed by atoms with Crippen LogP contribution in [0, 0.1) is 6.92 Å². The normalized spacial score (nSPS) is 16.1. The predicted octanol–water partition coefficient (Wildman–Crippen LogP) is 4.74. The summed E-state index contributed by atoms with van der Waals surface area (Å²) in [4.78, 5) is 27.9. The number of halogens is 1. The van der Waals surface area contributed by atoms with E-state index in [0.29, 0.717) is 33.1 Å². The average molecular weight is 502 g/mol. The highest BCUT2D eigenvalue weighted by molar-refractivity contribution is 9.10. The van der Waals surface area contributed by atoms with Gasteiger partial charge in [0.1, 0.15) is 11.5 Å². The van der Waals surface area contributed by atoms with Crippen LogP contribution in [0.4, 0.5) is 0 Å². The van der Waals surface area contributed by atoms with Crippen molar-refractivity contribution in [2.24, 2.45) is 0 Å². The van der Waals surface area contributed by atoms with Crippen molar-refractivity contribution in [1.29, 1.82) is 0 Å². The van der Waals surface area contributed by atoms with Gasteiger partial charge in [-0.2, -0.15) is 0 Å². The Morgan fingerprint density at radius 2 is 2.00 bits per heavy atom. The Morgan fingerprint density at radius 3 is 2.59 bits per heavy atom. The van der Waals surface area contributed by atoms with E-state index in [0.717, 1.165) is 0 Å². The molecule has 0 radical (unpaired) electrons. The van der Waals surface area contributed by atoms with Crippen molar-refractivity contribution in [3.05, 3.63) is 81.3 Å². The summed E-state index contributed by atoms with van der Waals surface area (Å²) in [6, 6.07) is 8.98. The SMILES string of the molecule is COc1cc(Br)cc(C2C(C(=O)c3ccc(C)o3)=C(O)C(=O)N2Cc2ccco2)c1OC. The molecule has 1 N–H and O–H groups in total. The molecule has 4 rings (SSSR count). The number of benzene rings is 1. The fourth-order valence-corrected chi connectivity index (χ4v) is 4.25. The van der Waals surface area contributed by atoms with Gasteiger partial charge in [-0.25, -0.2) is 0 Å². The third-order valence-corrected chi connectivity index (χ3v) is 5.64. The summed E-state index contributed by atoms with van der Waals surface area (Å²) in [6.45, 7) is 1.72. The van der Waals surface area contributed by atoms with Crippen LogP contribution in [-0.4, -0.2) is 35.9 Å². The van der Waals surface area contributed by atoms with Crippen molar-refractivity contribution in [3.8, 4) is 11.5 Å². The van der Waals surface area contributed by atoms with Crippen LogP contribution in [0.2, 0.25) is 0 Å². The largest absolute Gasteiger partial charge is 0.503 e. The number of nitrogens with zero attached hydrogens (tertiary/aromatic N) is 1. The van der Waals surface area contributed by atoms with E-state index in [-0.39, 0.29) is 17.9 Å². The van der Waals surface area contributed by atoms with Crippen molar-refractivity contribution in [2.45, 2.75) is 19.5 Å². The average Bonchev–Trinajstić information content (AvgIpc) is 3.50. The summed E-state index contributed by atoms with van der Waals surface area (Å²) in [5.41, 5.74) is 0.337. The van der Waals surface area contributed by atoms with Crippen molar-refractivity contribution >= 4 is 27.6 Å². The Balaban J connectivity index is 1.91. The van der Waals surface area contributed by atoms with E-state index in [4.69, 9.17) is 18.3 Å². The highest BCUT2D eigenvalue weighted by Gasteiger charge is 2.46. The van der Waals surface area contributed by atoms with Gasteiger partial charge in [-0.15, -0.1) is 0 Å². The summed E-state index contributed by atoms with van der Waals surface area (Å²) in [6.07, 6.45) is 1.48. The first-order valence-corrected chi connectivity index (χ1v) is 10.4. The van der Waals surface area contributed by atoms with E-state index in [1.807, 2.05) is 0 Å². The molecule has 0 aliphatic carbocycles. The Kier molecular flexibility index (Phi) is 5.84. The third kappa shape index (κ3) is 3.69. The molecule has 166 valence electrons. The number of aliphatic hydroxyl groups excluding tert-OH is 1. The first-order valence-electron chi connectivity index (χ1n) is 9.64. The van der Waals surface area contributed by atoms with Gasteiger partial charge in [-0.3, -0.25) is 9.59 Å². The van der Waals surface area contributed by atoms with Crippen LogP contribution in [0.5, 0.6) is 11.5 Å². The van der Waals surface area contributed by atoms with Crippen LogP contribution in [0.15, 0.2) is 67.3 Å². The van der Waals surface area contributed by atoms with Gasteiger partial charge in [0.05, 0.1) is 38.6 Å². The van der Waals surface area contributed by atoms with E-state index in [2.05, 4.69) is 15.9 Å². The summed E-state index contributed by atoms with van der Waals surface area (Å²) in [5.74, 6) is -0.203. The Hall–Kier alpha value is -3.46. The molecule has 8 nitrogen and oxygen atoms in total. The molecule has 0 fully saturated rings. The van der Waals surface area contributed by atoms with Crippen LogP contribution in [-0.2, 0) is 11.3 Å². The zero-order valence-electron chi connectivity index (χ0n) is 17.5. The molecule has 0 bridgehead atoms. The maximum absolute atomic E-state index is 13.4. The van der Waals surface area contributed by atoms with Gasteiger partial charge in [0.25, 0.3) is 5.91 Å². The van der Waals surface area contributed by atoms with E-state index in [1.165, 1.54) is 31.4 Å². The number of carbonyl (C=O) groups excluding carboxylic acids is 2. The van der Waals surface area contributed by atoms with Gasteiger partial charge < -0.3 is 28.3 Å². The minimum atomic E-state index is -0.980. The van der Waals surface area contributed by atoms with Gasteiger partial charge in [-0.1, -0.05) is 15.9 Å². The number of hydrogen-bond acceptors (Lipinski definition) is 7. The maximum atomic E-state index is 13.4. The quantitative estimate of drug-likeness (QED) is 0.466. The van der Waals surface area contributed by atoms with Gasteiger partial charge in [0.15, 0.2) is 23.0 Å². The van der Waals surface area contributed by atoms with Crippen LogP contribution in [0.1, 0.15) is 33.7 Å². The Labute approximate surface area is 192 Å². The second-order valence-corrected chi connectivity index (χ2v) is 8.06. The van der Waals surface area contributed by atoms with Gasteiger partial charge >= 0.3 is 0 Å². The lowest BCUT2D eigenvalue weighted by Gasteiger charge is -2.28. The molecule has 2 aromatic heterocycles.